The fourth-order valence-corrected chi connectivity index (χ4v) is 2.76. The van der Waals surface area contributed by atoms with E-state index in [9.17, 15) is 14.4 Å². The summed E-state index contributed by atoms with van der Waals surface area (Å²) in [6, 6.07) is 16.4. The highest BCUT2D eigenvalue weighted by Gasteiger charge is 2.16. The van der Waals surface area contributed by atoms with Crippen molar-refractivity contribution in [2.45, 2.75) is 13.5 Å². The first kappa shape index (κ1) is 18.3. The van der Waals surface area contributed by atoms with Gasteiger partial charge in [0.2, 0.25) is 5.91 Å². The second-order valence-electron chi connectivity index (χ2n) is 6.08. The maximum absolute atomic E-state index is 12.8. The number of carbonyl (C=O) groups excluding carboxylic acids is 2. The zero-order valence-corrected chi connectivity index (χ0v) is 14.9. The molecule has 138 valence electrons. The molecule has 0 spiro atoms. The molecule has 0 atom stereocenters. The van der Waals surface area contributed by atoms with E-state index in [1.807, 2.05) is 30.3 Å². The van der Waals surface area contributed by atoms with Gasteiger partial charge in [-0.05, 0) is 11.6 Å². The number of nitrogens with one attached hydrogen (secondary N) is 2. The van der Waals surface area contributed by atoms with Gasteiger partial charge in [0, 0.05) is 25.4 Å². The summed E-state index contributed by atoms with van der Waals surface area (Å²) in [4.78, 5) is 36.3. The van der Waals surface area contributed by atoms with E-state index in [0.717, 1.165) is 5.56 Å². The second kappa shape index (κ2) is 8.27. The highest BCUT2D eigenvalue weighted by Crippen LogP contribution is 2.13. The minimum absolute atomic E-state index is 0.163. The van der Waals surface area contributed by atoms with Gasteiger partial charge in [0.15, 0.2) is 5.69 Å². The van der Waals surface area contributed by atoms with Crippen molar-refractivity contribution in [1.82, 2.24) is 20.4 Å². The van der Waals surface area contributed by atoms with Gasteiger partial charge in [-0.15, -0.1) is 0 Å². The third-order valence-electron chi connectivity index (χ3n) is 4.04. The lowest BCUT2D eigenvalue weighted by molar-refractivity contribution is -0.118. The van der Waals surface area contributed by atoms with Gasteiger partial charge in [-0.3, -0.25) is 14.4 Å². The Balaban J connectivity index is 1.93. The second-order valence-corrected chi connectivity index (χ2v) is 6.08. The lowest BCUT2D eigenvalue weighted by Crippen LogP contribution is -2.35. The molecule has 0 fully saturated rings. The number of fused-ring (bicyclic) bond motifs is 1. The third kappa shape index (κ3) is 4.38. The van der Waals surface area contributed by atoms with E-state index in [2.05, 4.69) is 15.7 Å². The first-order chi connectivity index (χ1) is 13.1. The average Bonchev–Trinajstić information content (AvgIpc) is 2.68. The molecule has 7 heteroatoms. The molecule has 0 aliphatic heterocycles. The summed E-state index contributed by atoms with van der Waals surface area (Å²) in [7, 11) is 0. The molecule has 2 amide bonds. The Labute approximate surface area is 156 Å². The molecule has 1 heterocycles. The van der Waals surface area contributed by atoms with E-state index in [4.69, 9.17) is 0 Å². The minimum atomic E-state index is -0.390. The first-order valence-corrected chi connectivity index (χ1v) is 8.62. The van der Waals surface area contributed by atoms with Crippen molar-refractivity contribution in [1.29, 1.82) is 0 Å². The topological polar surface area (TPSA) is 93.1 Å². The maximum atomic E-state index is 12.8. The van der Waals surface area contributed by atoms with Crippen LogP contribution in [-0.4, -0.2) is 34.7 Å². The van der Waals surface area contributed by atoms with Crippen LogP contribution in [0.2, 0.25) is 0 Å². The molecule has 0 aliphatic carbocycles. The molecule has 2 N–H and O–H groups in total. The molecule has 1 aromatic heterocycles. The molecule has 0 aliphatic rings. The van der Waals surface area contributed by atoms with Gasteiger partial charge in [-0.2, -0.15) is 5.10 Å². The van der Waals surface area contributed by atoms with Crippen molar-refractivity contribution in [2.24, 2.45) is 0 Å². The predicted octanol–water partition coefficient (Wildman–Crippen LogP) is 1.31. The lowest BCUT2D eigenvalue weighted by atomic mass is 10.1. The third-order valence-corrected chi connectivity index (χ3v) is 4.04. The monoisotopic (exact) mass is 364 g/mol. The summed E-state index contributed by atoms with van der Waals surface area (Å²) in [6.45, 7) is 2.28. The highest BCUT2D eigenvalue weighted by atomic mass is 16.2. The summed E-state index contributed by atoms with van der Waals surface area (Å²) in [5.74, 6) is -0.553. The van der Waals surface area contributed by atoms with E-state index in [1.54, 1.807) is 24.3 Å². The van der Waals surface area contributed by atoms with Crippen LogP contribution in [0.4, 0.5) is 0 Å². The Bertz CT molecular complexity index is 1030. The molecule has 3 aromatic rings. The minimum Gasteiger partial charge on any atom is -0.355 e. The normalized spacial score (nSPS) is 10.6. The van der Waals surface area contributed by atoms with Crippen molar-refractivity contribution in [3.8, 4) is 0 Å². The summed E-state index contributed by atoms with van der Waals surface area (Å²) in [6.07, 6.45) is 0. The summed E-state index contributed by atoms with van der Waals surface area (Å²) < 4.78 is 1.31. The fourth-order valence-electron chi connectivity index (χ4n) is 2.76. The smallest absolute Gasteiger partial charge is 0.274 e. The number of hydrogen-bond donors (Lipinski definition) is 2. The van der Waals surface area contributed by atoms with Crippen molar-refractivity contribution < 1.29 is 9.59 Å². The van der Waals surface area contributed by atoms with E-state index in [-0.39, 0.29) is 30.2 Å². The number of benzene rings is 2. The van der Waals surface area contributed by atoms with E-state index in [1.165, 1.54) is 11.6 Å². The number of rotatable bonds is 6. The largest absolute Gasteiger partial charge is 0.355 e. The van der Waals surface area contributed by atoms with Gasteiger partial charge in [0.05, 0.1) is 11.9 Å². The molecule has 0 saturated heterocycles. The van der Waals surface area contributed by atoms with Crippen LogP contribution >= 0.6 is 0 Å². The standard InChI is InChI=1S/C20H20N4O3/c1-14(25)21-11-12-22-19(26)18-16-9-5-6-10-17(16)20(27)24(23-18)13-15-7-3-2-4-8-15/h2-10H,11-13H2,1H3,(H,21,25)(H,22,26). The van der Waals surface area contributed by atoms with Gasteiger partial charge >= 0.3 is 0 Å². The van der Waals surface area contributed by atoms with Crippen LogP contribution in [-0.2, 0) is 11.3 Å². The van der Waals surface area contributed by atoms with Crippen molar-refractivity contribution in [3.05, 3.63) is 76.2 Å². The van der Waals surface area contributed by atoms with Crippen LogP contribution in [0.15, 0.2) is 59.4 Å². The summed E-state index contributed by atoms with van der Waals surface area (Å²) >= 11 is 0. The zero-order valence-electron chi connectivity index (χ0n) is 14.9. The molecule has 0 unspecified atom stereocenters. The Morgan fingerprint density at radius 3 is 2.26 bits per heavy atom. The molecule has 27 heavy (non-hydrogen) atoms. The number of aromatic nitrogens is 2. The molecule has 2 aromatic carbocycles. The number of carbonyl (C=O) groups is 2. The maximum Gasteiger partial charge on any atom is 0.274 e. The fraction of sp³-hybridized carbons (Fsp3) is 0.200. The van der Waals surface area contributed by atoms with E-state index in [0.29, 0.717) is 17.3 Å². The molecule has 7 nitrogen and oxygen atoms in total. The average molecular weight is 364 g/mol. The van der Waals surface area contributed by atoms with Crippen LogP contribution in [0.25, 0.3) is 10.8 Å². The number of amides is 2. The highest BCUT2D eigenvalue weighted by molar-refractivity contribution is 6.04. The summed E-state index contributed by atoms with van der Waals surface area (Å²) in [5.41, 5.74) is 0.854. The van der Waals surface area contributed by atoms with Crippen molar-refractivity contribution in [2.75, 3.05) is 13.1 Å². The Hall–Kier alpha value is -3.48. The summed E-state index contributed by atoms with van der Waals surface area (Å²) in [5, 5.41) is 10.6. The number of nitrogens with zero attached hydrogens (tertiary/aromatic N) is 2. The molecular formula is C20H20N4O3. The zero-order chi connectivity index (χ0) is 19.2. The molecule has 0 radical (unpaired) electrons. The van der Waals surface area contributed by atoms with Gasteiger partial charge in [0.25, 0.3) is 11.5 Å². The number of hydrogen-bond acceptors (Lipinski definition) is 4. The first-order valence-electron chi connectivity index (χ1n) is 8.62. The van der Waals surface area contributed by atoms with Gasteiger partial charge < -0.3 is 10.6 Å². The Morgan fingerprint density at radius 2 is 1.56 bits per heavy atom. The molecule has 3 rings (SSSR count). The van der Waals surface area contributed by atoms with Gasteiger partial charge in [0.1, 0.15) is 0 Å². The molecule has 0 bridgehead atoms. The van der Waals surface area contributed by atoms with E-state index < -0.39 is 5.91 Å². The van der Waals surface area contributed by atoms with Gasteiger partial charge in [-0.1, -0.05) is 48.5 Å². The Morgan fingerprint density at radius 1 is 0.926 bits per heavy atom. The van der Waals surface area contributed by atoms with Crippen molar-refractivity contribution in [3.63, 3.8) is 0 Å². The van der Waals surface area contributed by atoms with Crippen LogP contribution in [0.5, 0.6) is 0 Å². The van der Waals surface area contributed by atoms with Crippen LogP contribution < -0.4 is 16.2 Å². The quantitative estimate of drug-likeness (QED) is 0.645. The van der Waals surface area contributed by atoms with E-state index >= 15 is 0 Å². The molecular weight excluding hydrogens is 344 g/mol. The van der Waals surface area contributed by atoms with Crippen molar-refractivity contribution >= 4 is 22.6 Å². The van der Waals surface area contributed by atoms with Gasteiger partial charge in [-0.25, -0.2) is 4.68 Å². The van der Waals surface area contributed by atoms with Crippen LogP contribution in [0.3, 0.4) is 0 Å². The van der Waals surface area contributed by atoms with Crippen LogP contribution in [0.1, 0.15) is 23.0 Å². The predicted molar refractivity (Wildman–Crippen MR) is 103 cm³/mol. The van der Waals surface area contributed by atoms with Crippen LogP contribution in [0, 0.1) is 0 Å². The Kier molecular flexibility index (Phi) is 5.61. The SMILES string of the molecule is CC(=O)NCCNC(=O)c1nn(Cc2ccccc2)c(=O)c2ccccc12. The molecule has 0 saturated carbocycles. The lowest BCUT2D eigenvalue weighted by Gasteiger charge is -2.11.